The first-order valence-corrected chi connectivity index (χ1v) is 8.46. The molecule has 1 heterocycles. The largest absolute Gasteiger partial charge is 0.357 e. The Balaban J connectivity index is 0.00000484. The highest BCUT2D eigenvalue weighted by Crippen LogP contribution is 2.19. The van der Waals surface area contributed by atoms with Gasteiger partial charge in [-0.1, -0.05) is 0 Å². The number of nitrogens with zero attached hydrogens (tertiary/aromatic N) is 2. The molecule has 1 aromatic rings. The van der Waals surface area contributed by atoms with Gasteiger partial charge in [-0.15, -0.1) is 24.0 Å². The lowest BCUT2D eigenvalue weighted by Gasteiger charge is -2.23. The number of hydrogen-bond acceptors (Lipinski definition) is 4. The third-order valence-corrected chi connectivity index (χ3v) is 4.15. The molecule has 23 heavy (non-hydrogen) atoms. The summed E-state index contributed by atoms with van der Waals surface area (Å²) in [6.07, 6.45) is 5.34. The van der Waals surface area contributed by atoms with E-state index in [4.69, 9.17) is 0 Å². The second kappa shape index (κ2) is 11.5. The zero-order valence-corrected chi connectivity index (χ0v) is 17.2. The number of aromatic nitrogens is 1. The summed E-state index contributed by atoms with van der Waals surface area (Å²) in [6, 6.07) is 3.56. The van der Waals surface area contributed by atoms with Gasteiger partial charge in [-0.25, -0.2) is 4.99 Å². The Bertz CT molecular complexity index is 496. The number of anilines is 1. The number of pyridine rings is 1. The predicted molar refractivity (Wildman–Crippen MR) is 110 cm³/mol. The zero-order valence-electron chi connectivity index (χ0n) is 14.0. The number of carbonyl (C=O) groups excluding carboxylic acids is 1. The zero-order chi connectivity index (χ0) is 16.4. The SMILES string of the molecule is CCNC(=NCC(=O)Nc1cccnc1)NCC(C)(C)SC.I. The van der Waals surface area contributed by atoms with E-state index in [1.54, 1.807) is 36.3 Å². The number of nitrogens with one attached hydrogen (secondary N) is 3. The summed E-state index contributed by atoms with van der Waals surface area (Å²) >= 11 is 1.78. The molecule has 6 nitrogen and oxygen atoms in total. The molecule has 8 heteroatoms. The van der Waals surface area contributed by atoms with Gasteiger partial charge in [-0.2, -0.15) is 11.8 Å². The van der Waals surface area contributed by atoms with E-state index in [1.165, 1.54) is 0 Å². The molecule has 0 saturated carbocycles. The number of carbonyl (C=O) groups is 1. The summed E-state index contributed by atoms with van der Waals surface area (Å²) in [5, 5.41) is 9.15. The second-order valence-corrected chi connectivity index (χ2v) is 6.82. The lowest BCUT2D eigenvalue weighted by Crippen LogP contribution is -2.43. The highest BCUT2D eigenvalue weighted by molar-refractivity contribution is 14.0. The molecule has 0 bridgehead atoms. The predicted octanol–water partition coefficient (Wildman–Crippen LogP) is 2.33. The molecular weight excluding hydrogens is 425 g/mol. The van der Waals surface area contributed by atoms with Gasteiger partial charge in [0, 0.05) is 24.0 Å². The second-order valence-electron chi connectivity index (χ2n) is 5.30. The van der Waals surface area contributed by atoms with Gasteiger partial charge in [0.2, 0.25) is 5.91 Å². The molecule has 130 valence electrons. The first kappa shape index (κ1) is 22.0. The number of thioether (sulfide) groups is 1. The van der Waals surface area contributed by atoms with Gasteiger partial charge in [0.15, 0.2) is 5.96 Å². The lowest BCUT2D eigenvalue weighted by atomic mass is 10.2. The van der Waals surface area contributed by atoms with E-state index in [2.05, 4.69) is 46.0 Å². The van der Waals surface area contributed by atoms with E-state index in [0.717, 1.165) is 13.1 Å². The van der Waals surface area contributed by atoms with Crippen molar-refractivity contribution in [1.82, 2.24) is 15.6 Å². The molecule has 0 aliphatic heterocycles. The number of amides is 1. The van der Waals surface area contributed by atoms with Crippen LogP contribution in [0.15, 0.2) is 29.5 Å². The first-order chi connectivity index (χ1) is 10.5. The van der Waals surface area contributed by atoms with Crippen molar-refractivity contribution in [1.29, 1.82) is 0 Å². The third-order valence-electron chi connectivity index (χ3n) is 2.90. The van der Waals surface area contributed by atoms with Gasteiger partial charge >= 0.3 is 0 Å². The van der Waals surface area contributed by atoms with Crippen LogP contribution in [0.2, 0.25) is 0 Å². The fraction of sp³-hybridized carbons (Fsp3) is 0.533. The van der Waals surface area contributed by atoms with Crippen LogP contribution in [0.5, 0.6) is 0 Å². The lowest BCUT2D eigenvalue weighted by molar-refractivity contribution is -0.114. The Morgan fingerprint density at radius 2 is 2.13 bits per heavy atom. The molecule has 1 amide bonds. The van der Waals surface area contributed by atoms with Crippen molar-refractivity contribution in [3.05, 3.63) is 24.5 Å². The fourth-order valence-corrected chi connectivity index (χ4v) is 1.72. The smallest absolute Gasteiger partial charge is 0.246 e. The topological polar surface area (TPSA) is 78.4 Å². The van der Waals surface area contributed by atoms with Crippen LogP contribution >= 0.6 is 35.7 Å². The van der Waals surface area contributed by atoms with E-state index >= 15 is 0 Å². The monoisotopic (exact) mass is 451 g/mol. The van der Waals surface area contributed by atoms with Gasteiger partial charge in [0.05, 0.1) is 11.9 Å². The minimum atomic E-state index is -0.172. The maximum absolute atomic E-state index is 11.9. The number of guanidine groups is 1. The molecule has 0 aromatic carbocycles. The minimum absolute atomic E-state index is 0. The molecule has 0 saturated heterocycles. The Morgan fingerprint density at radius 1 is 1.39 bits per heavy atom. The Hall–Kier alpha value is -1.03. The van der Waals surface area contributed by atoms with Gasteiger partial charge in [0.25, 0.3) is 0 Å². The molecule has 0 fully saturated rings. The summed E-state index contributed by atoms with van der Waals surface area (Å²) < 4.78 is 0.105. The van der Waals surface area contributed by atoms with Crippen LogP contribution in [0, 0.1) is 0 Å². The maximum Gasteiger partial charge on any atom is 0.246 e. The average Bonchev–Trinajstić information content (AvgIpc) is 2.51. The van der Waals surface area contributed by atoms with Gasteiger partial charge in [-0.3, -0.25) is 9.78 Å². The van der Waals surface area contributed by atoms with Crippen molar-refractivity contribution < 1.29 is 4.79 Å². The third kappa shape index (κ3) is 9.65. The van der Waals surface area contributed by atoms with Gasteiger partial charge in [-0.05, 0) is 39.2 Å². The summed E-state index contributed by atoms with van der Waals surface area (Å²) in [6.45, 7) is 7.88. The molecule has 0 radical (unpaired) electrons. The van der Waals surface area contributed by atoms with Crippen LogP contribution in [0.4, 0.5) is 5.69 Å². The van der Waals surface area contributed by atoms with Crippen LogP contribution in [0.25, 0.3) is 0 Å². The van der Waals surface area contributed by atoms with Crippen molar-refractivity contribution in [2.24, 2.45) is 4.99 Å². The normalized spacial score (nSPS) is 11.4. The Labute approximate surface area is 159 Å². The molecular formula is C15H26IN5OS. The van der Waals surface area contributed by atoms with Crippen molar-refractivity contribution in [3.8, 4) is 0 Å². The van der Waals surface area contributed by atoms with Crippen LogP contribution in [-0.2, 0) is 4.79 Å². The molecule has 1 rings (SSSR count). The summed E-state index contributed by atoms with van der Waals surface area (Å²) in [5.74, 6) is 0.472. The highest BCUT2D eigenvalue weighted by Gasteiger charge is 2.16. The average molecular weight is 451 g/mol. The van der Waals surface area contributed by atoms with Crippen molar-refractivity contribution in [3.63, 3.8) is 0 Å². The van der Waals surface area contributed by atoms with Crippen molar-refractivity contribution in [2.75, 3.05) is 31.2 Å². The standard InChI is InChI=1S/C15H25N5OS.HI/c1-5-17-14(19-11-15(2,3)22-4)18-10-13(21)20-12-7-6-8-16-9-12;/h6-9H,5,10-11H2,1-4H3,(H,20,21)(H2,17,18,19);1H. The molecule has 0 aliphatic carbocycles. The van der Waals surface area contributed by atoms with Crippen molar-refractivity contribution >= 4 is 53.3 Å². The van der Waals surface area contributed by atoms with Crippen LogP contribution in [-0.4, -0.2) is 47.5 Å². The fourth-order valence-electron chi connectivity index (χ4n) is 1.50. The molecule has 0 spiro atoms. The number of hydrogen-bond donors (Lipinski definition) is 3. The Morgan fingerprint density at radius 3 is 2.70 bits per heavy atom. The molecule has 0 unspecified atom stereocenters. The molecule has 0 atom stereocenters. The van der Waals surface area contributed by atoms with Crippen LogP contribution in [0.3, 0.4) is 0 Å². The summed E-state index contributed by atoms with van der Waals surface area (Å²) in [7, 11) is 0. The van der Waals surface area contributed by atoms with Crippen LogP contribution < -0.4 is 16.0 Å². The number of rotatable bonds is 7. The molecule has 1 aromatic heterocycles. The number of halogens is 1. The van der Waals surface area contributed by atoms with Gasteiger partial charge in [0.1, 0.15) is 6.54 Å². The quantitative estimate of drug-likeness (QED) is 0.337. The first-order valence-electron chi connectivity index (χ1n) is 7.24. The number of aliphatic imine (C=N–C) groups is 1. The summed E-state index contributed by atoms with van der Waals surface area (Å²) in [4.78, 5) is 20.1. The Kier molecular flexibility index (Phi) is 11.0. The van der Waals surface area contributed by atoms with E-state index < -0.39 is 0 Å². The van der Waals surface area contributed by atoms with E-state index in [0.29, 0.717) is 11.6 Å². The van der Waals surface area contributed by atoms with E-state index in [-0.39, 0.29) is 41.2 Å². The highest BCUT2D eigenvalue weighted by atomic mass is 127. The summed E-state index contributed by atoms with van der Waals surface area (Å²) in [5.41, 5.74) is 0.671. The molecule has 3 N–H and O–H groups in total. The minimum Gasteiger partial charge on any atom is -0.357 e. The van der Waals surface area contributed by atoms with E-state index in [9.17, 15) is 4.79 Å². The van der Waals surface area contributed by atoms with Crippen molar-refractivity contribution in [2.45, 2.75) is 25.5 Å². The van der Waals surface area contributed by atoms with Gasteiger partial charge < -0.3 is 16.0 Å². The maximum atomic E-state index is 11.9. The van der Waals surface area contributed by atoms with E-state index in [1.807, 2.05) is 6.92 Å². The van der Waals surface area contributed by atoms with Crippen LogP contribution in [0.1, 0.15) is 20.8 Å². The molecule has 0 aliphatic rings.